The van der Waals surface area contributed by atoms with Crippen LogP contribution in [0.15, 0.2) is 51.8 Å². The van der Waals surface area contributed by atoms with Crippen LogP contribution < -0.4 is 4.72 Å². The first kappa shape index (κ1) is 18.1. The number of hydrogen-bond acceptors (Lipinski definition) is 2. The first-order valence-corrected chi connectivity index (χ1v) is 9.72. The highest BCUT2D eigenvalue weighted by Gasteiger charge is 2.13. The van der Waals surface area contributed by atoms with Crippen molar-refractivity contribution in [3.63, 3.8) is 0 Å². The van der Waals surface area contributed by atoms with Gasteiger partial charge in [-0.1, -0.05) is 31.5 Å². The zero-order valence-corrected chi connectivity index (χ0v) is 15.3. The SMILES string of the molecule is CCCCc1ccc(S(=O)(=O)NCc2ccc(F)c(Br)c2)cc1. The van der Waals surface area contributed by atoms with Crippen LogP contribution in [-0.4, -0.2) is 8.42 Å². The third-order valence-electron chi connectivity index (χ3n) is 3.50. The molecule has 0 amide bonds. The maximum Gasteiger partial charge on any atom is 0.240 e. The van der Waals surface area contributed by atoms with Crippen LogP contribution in [0, 0.1) is 5.82 Å². The predicted octanol–water partition coefficient (Wildman–Crippen LogP) is 4.41. The van der Waals surface area contributed by atoms with Crippen molar-refractivity contribution in [2.24, 2.45) is 0 Å². The normalized spacial score (nSPS) is 11.6. The Morgan fingerprint density at radius 1 is 1.09 bits per heavy atom. The van der Waals surface area contributed by atoms with Crippen molar-refractivity contribution in [2.45, 2.75) is 37.6 Å². The molecule has 23 heavy (non-hydrogen) atoms. The van der Waals surface area contributed by atoms with Crippen LogP contribution in [-0.2, 0) is 23.0 Å². The van der Waals surface area contributed by atoms with Gasteiger partial charge in [-0.05, 0) is 64.2 Å². The second-order valence-corrected chi connectivity index (χ2v) is 7.94. The van der Waals surface area contributed by atoms with E-state index in [2.05, 4.69) is 27.6 Å². The first-order chi connectivity index (χ1) is 10.9. The van der Waals surface area contributed by atoms with E-state index in [9.17, 15) is 12.8 Å². The summed E-state index contributed by atoms with van der Waals surface area (Å²) in [5.41, 5.74) is 1.81. The minimum Gasteiger partial charge on any atom is -0.207 e. The van der Waals surface area contributed by atoms with Crippen LogP contribution in [0.3, 0.4) is 0 Å². The van der Waals surface area contributed by atoms with Gasteiger partial charge in [-0.25, -0.2) is 17.5 Å². The topological polar surface area (TPSA) is 46.2 Å². The molecular weight excluding hydrogens is 381 g/mol. The zero-order valence-electron chi connectivity index (χ0n) is 12.9. The third-order valence-corrected chi connectivity index (χ3v) is 5.53. The van der Waals surface area contributed by atoms with Gasteiger partial charge in [-0.15, -0.1) is 0 Å². The molecule has 0 bridgehead atoms. The van der Waals surface area contributed by atoms with E-state index in [1.807, 2.05) is 12.1 Å². The summed E-state index contributed by atoms with van der Waals surface area (Å²) in [7, 11) is -3.58. The van der Waals surface area contributed by atoms with Gasteiger partial charge in [0.05, 0.1) is 9.37 Å². The van der Waals surface area contributed by atoms with Gasteiger partial charge < -0.3 is 0 Å². The van der Waals surface area contributed by atoms with Crippen LogP contribution >= 0.6 is 15.9 Å². The summed E-state index contributed by atoms with van der Waals surface area (Å²) in [5, 5.41) is 0. The van der Waals surface area contributed by atoms with E-state index in [1.54, 1.807) is 24.3 Å². The van der Waals surface area contributed by atoms with Gasteiger partial charge in [0, 0.05) is 6.54 Å². The summed E-state index contributed by atoms with van der Waals surface area (Å²) in [6.07, 6.45) is 3.15. The van der Waals surface area contributed by atoms with Gasteiger partial charge in [0.15, 0.2) is 0 Å². The van der Waals surface area contributed by atoms with Crippen molar-refractivity contribution in [1.82, 2.24) is 4.72 Å². The van der Waals surface area contributed by atoms with Gasteiger partial charge in [-0.3, -0.25) is 0 Å². The van der Waals surface area contributed by atoms with Gasteiger partial charge in [0.1, 0.15) is 5.82 Å². The lowest BCUT2D eigenvalue weighted by Crippen LogP contribution is -2.23. The molecule has 0 aliphatic heterocycles. The molecule has 6 heteroatoms. The smallest absolute Gasteiger partial charge is 0.207 e. The summed E-state index contributed by atoms with van der Waals surface area (Å²) in [4.78, 5) is 0.235. The molecule has 0 aliphatic carbocycles. The van der Waals surface area contributed by atoms with E-state index in [-0.39, 0.29) is 17.3 Å². The average molecular weight is 400 g/mol. The van der Waals surface area contributed by atoms with Crippen molar-refractivity contribution in [2.75, 3.05) is 0 Å². The van der Waals surface area contributed by atoms with Gasteiger partial charge in [-0.2, -0.15) is 0 Å². The molecule has 2 aromatic rings. The lowest BCUT2D eigenvalue weighted by molar-refractivity contribution is 0.581. The number of halogens is 2. The van der Waals surface area contributed by atoms with E-state index in [0.717, 1.165) is 24.8 Å². The number of aryl methyl sites for hydroxylation is 1. The Balaban J connectivity index is 2.04. The summed E-state index contributed by atoms with van der Waals surface area (Å²) >= 11 is 3.09. The highest BCUT2D eigenvalue weighted by molar-refractivity contribution is 9.10. The number of nitrogens with one attached hydrogen (secondary N) is 1. The fourth-order valence-corrected chi connectivity index (χ4v) is 3.57. The van der Waals surface area contributed by atoms with Crippen molar-refractivity contribution in [3.05, 3.63) is 63.9 Å². The lowest BCUT2D eigenvalue weighted by Gasteiger charge is -2.08. The summed E-state index contributed by atoms with van der Waals surface area (Å²) < 4.78 is 40.6. The predicted molar refractivity (Wildman–Crippen MR) is 93.2 cm³/mol. The molecule has 2 aromatic carbocycles. The van der Waals surface area contributed by atoms with E-state index in [1.165, 1.54) is 6.07 Å². The molecule has 1 N–H and O–H groups in total. The lowest BCUT2D eigenvalue weighted by atomic mass is 10.1. The molecule has 0 fully saturated rings. The first-order valence-electron chi connectivity index (χ1n) is 7.45. The number of sulfonamides is 1. The van der Waals surface area contributed by atoms with Crippen molar-refractivity contribution >= 4 is 26.0 Å². The fourth-order valence-electron chi connectivity index (χ4n) is 2.13. The van der Waals surface area contributed by atoms with Gasteiger partial charge >= 0.3 is 0 Å². The Morgan fingerprint density at radius 3 is 2.35 bits per heavy atom. The van der Waals surface area contributed by atoms with Crippen molar-refractivity contribution in [1.29, 1.82) is 0 Å². The molecule has 0 aliphatic rings. The number of rotatable bonds is 7. The Bertz CT molecular complexity index is 761. The van der Waals surface area contributed by atoms with E-state index in [4.69, 9.17) is 0 Å². The van der Waals surface area contributed by atoms with Crippen molar-refractivity contribution in [3.8, 4) is 0 Å². The Kier molecular flexibility index (Phi) is 6.33. The zero-order chi connectivity index (χ0) is 16.9. The summed E-state index contributed by atoms with van der Waals surface area (Å²) in [5.74, 6) is -0.376. The molecule has 0 saturated heterocycles. The molecule has 0 aromatic heterocycles. The molecule has 0 radical (unpaired) electrons. The summed E-state index contributed by atoms with van der Waals surface area (Å²) in [6.45, 7) is 2.23. The monoisotopic (exact) mass is 399 g/mol. The third kappa shape index (κ3) is 5.12. The van der Waals surface area contributed by atoms with Crippen LogP contribution in [0.1, 0.15) is 30.9 Å². The molecule has 2 rings (SSSR count). The second kappa shape index (κ2) is 8.04. The van der Waals surface area contributed by atoms with Gasteiger partial charge in [0.25, 0.3) is 0 Å². The standard InChI is InChI=1S/C17H19BrFNO2S/c1-2-3-4-13-5-8-15(9-6-13)23(21,22)20-12-14-7-10-17(19)16(18)11-14/h5-11,20H,2-4,12H2,1H3. The maximum atomic E-state index is 13.2. The molecule has 124 valence electrons. The minimum absolute atomic E-state index is 0.110. The van der Waals surface area contributed by atoms with Crippen LogP contribution in [0.5, 0.6) is 0 Å². The number of unbranched alkanes of at least 4 members (excludes halogenated alkanes) is 1. The molecule has 0 heterocycles. The molecule has 0 spiro atoms. The highest BCUT2D eigenvalue weighted by Crippen LogP contribution is 2.18. The van der Waals surface area contributed by atoms with Crippen LogP contribution in [0.25, 0.3) is 0 Å². The van der Waals surface area contributed by atoms with Crippen molar-refractivity contribution < 1.29 is 12.8 Å². The number of benzene rings is 2. The van der Waals surface area contributed by atoms with E-state index in [0.29, 0.717) is 10.0 Å². The van der Waals surface area contributed by atoms with E-state index >= 15 is 0 Å². The minimum atomic E-state index is -3.58. The van der Waals surface area contributed by atoms with Gasteiger partial charge in [0.2, 0.25) is 10.0 Å². The molecule has 3 nitrogen and oxygen atoms in total. The van der Waals surface area contributed by atoms with Crippen LogP contribution in [0.4, 0.5) is 4.39 Å². The Labute approximate surface area is 145 Å². The largest absolute Gasteiger partial charge is 0.240 e. The Morgan fingerprint density at radius 2 is 1.74 bits per heavy atom. The van der Waals surface area contributed by atoms with Crippen LogP contribution in [0.2, 0.25) is 0 Å². The quantitative estimate of drug-likeness (QED) is 0.749. The average Bonchev–Trinajstić information content (AvgIpc) is 2.54. The molecule has 0 atom stereocenters. The Hall–Kier alpha value is -1.24. The van der Waals surface area contributed by atoms with E-state index < -0.39 is 10.0 Å². The highest BCUT2D eigenvalue weighted by atomic mass is 79.9. The second-order valence-electron chi connectivity index (χ2n) is 5.32. The summed E-state index contributed by atoms with van der Waals surface area (Å²) in [6, 6.07) is 11.3. The molecular formula is C17H19BrFNO2S. The maximum absolute atomic E-state index is 13.2. The number of hydrogen-bond donors (Lipinski definition) is 1. The molecule has 0 unspecified atom stereocenters. The molecule has 0 saturated carbocycles. The fraction of sp³-hybridized carbons (Fsp3) is 0.294.